The number of thiocarbonyl (C=S) groups is 1. The summed E-state index contributed by atoms with van der Waals surface area (Å²) < 4.78 is 0. The van der Waals surface area contributed by atoms with Gasteiger partial charge in [-0.3, -0.25) is 0 Å². The number of rotatable bonds is 6. The average Bonchev–Trinajstić information content (AvgIpc) is 2.53. The molecule has 1 aromatic rings. The van der Waals surface area contributed by atoms with E-state index in [-0.39, 0.29) is 0 Å². The standard InChI is InChI=1S/C11H17NS2/c1-2-4-9-7-8-10(14-9)5-3-6-11(12)13/h7-8H,2-6H2,1H3,(H2,12,13). The van der Waals surface area contributed by atoms with E-state index in [1.165, 1.54) is 22.6 Å². The highest BCUT2D eigenvalue weighted by atomic mass is 32.1. The van der Waals surface area contributed by atoms with Crippen LogP contribution in [0.4, 0.5) is 0 Å². The van der Waals surface area contributed by atoms with Gasteiger partial charge in [0.05, 0.1) is 4.99 Å². The molecular formula is C11H17NS2. The minimum Gasteiger partial charge on any atom is -0.393 e. The van der Waals surface area contributed by atoms with Crippen LogP contribution >= 0.6 is 23.6 Å². The summed E-state index contributed by atoms with van der Waals surface area (Å²) in [6.07, 6.45) is 5.51. The molecule has 14 heavy (non-hydrogen) atoms. The normalized spacial score (nSPS) is 10.4. The molecule has 0 radical (unpaired) electrons. The molecule has 1 rings (SSSR count). The van der Waals surface area contributed by atoms with Gasteiger partial charge in [-0.25, -0.2) is 0 Å². The lowest BCUT2D eigenvalue weighted by Gasteiger charge is -1.96. The van der Waals surface area contributed by atoms with Crippen LogP contribution in [0.5, 0.6) is 0 Å². The molecule has 1 heterocycles. The van der Waals surface area contributed by atoms with Crippen molar-refractivity contribution in [1.29, 1.82) is 0 Å². The molecule has 0 atom stereocenters. The van der Waals surface area contributed by atoms with Crippen LogP contribution in [0.25, 0.3) is 0 Å². The van der Waals surface area contributed by atoms with E-state index < -0.39 is 0 Å². The average molecular weight is 227 g/mol. The first-order valence-corrected chi connectivity index (χ1v) is 6.30. The fraction of sp³-hybridized carbons (Fsp3) is 0.545. The van der Waals surface area contributed by atoms with Crippen molar-refractivity contribution in [2.24, 2.45) is 5.73 Å². The van der Waals surface area contributed by atoms with Crippen LogP contribution in [-0.4, -0.2) is 4.99 Å². The van der Waals surface area contributed by atoms with E-state index in [1.54, 1.807) is 0 Å². The number of hydrogen-bond donors (Lipinski definition) is 1. The van der Waals surface area contributed by atoms with E-state index in [2.05, 4.69) is 19.1 Å². The third-order valence-corrected chi connectivity index (χ3v) is 3.47. The third kappa shape index (κ3) is 4.20. The Morgan fingerprint density at radius 2 is 2.00 bits per heavy atom. The maximum absolute atomic E-state index is 5.44. The molecule has 2 N–H and O–H groups in total. The van der Waals surface area contributed by atoms with Crippen molar-refractivity contribution >= 4 is 28.5 Å². The van der Waals surface area contributed by atoms with Crippen LogP contribution in [0.3, 0.4) is 0 Å². The third-order valence-electron chi connectivity index (χ3n) is 2.06. The Kier molecular flexibility index (Phi) is 5.12. The Balaban J connectivity index is 2.32. The Morgan fingerprint density at radius 1 is 1.36 bits per heavy atom. The van der Waals surface area contributed by atoms with Crippen molar-refractivity contribution in [1.82, 2.24) is 0 Å². The van der Waals surface area contributed by atoms with E-state index in [0.717, 1.165) is 19.3 Å². The molecule has 3 heteroatoms. The maximum Gasteiger partial charge on any atom is 0.0727 e. The molecule has 78 valence electrons. The van der Waals surface area contributed by atoms with Crippen molar-refractivity contribution in [2.75, 3.05) is 0 Å². The fourth-order valence-electron chi connectivity index (χ4n) is 1.37. The van der Waals surface area contributed by atoms with Gasteiger partial charge in [-0.15, -0.1) is 11.3 Å². The molecular weight excluding hydrogens is 210 g/mol. The van der Waals surface area contributed by atoms with Crippen molar-refractivity contribution in [3.8, 4) is 0 Å². The number of hydrogen-bond acceptors (Lipinski definition) is 2. The van der Waals surface area contributed by atoms with E-state index in [0.29, 0.717) is 4.99 Å². The van der Waals surface area contributed by atoms with Crippen molar-refractivity contribution in [3.63, 3.8) is 0 Å². The largest absolute Gasteiger partial charge is 0.393 e. The zero-order valence-electron chi connectivity index (χ0n) is 8.58. The monoisotopic (exact) mass is 227 g/mol. The predicted molar refractivity (Wildman–Crippen MR) is 68.0 cm³/mol. The van der Waals surface area contributed by atoms with Gasteiger partial charge in [-0.1, -0.05) is 25.6 Å². The van der Waals surface area contributed by atoms with Gasteiger partial charge in [0, 0.05) is 9.75 Å². The number of thiophene rings is 1. The fourth-order valence-corrected chi connectivity index (χ4v) is 2.68. The predicted octanol–water partition coefficient (Wildman–Crippen LogP) is 3.31. The van der Waals surface area contributed by atoms with Gasteiger partial charge in [0.1, 0.15) is 0 Å². The molecule has 1 nitrogen and oxygen atoms in total. The molecule has 1 aromatic heterocycles. The summed E-state index contributed by atoms with van der Waals surface area (Å²) >= 11 is 6.76. The molecule has 0 fully saturated rings. The highest BCUT2D eigenvalue weighted by molar-refractivity contribution is 7.80. The number of aryl methyl sites for hydroxylation is 2. The highest BCUT2D eigenvalue weighted by Crippen LogP contribution is 2.19. The lowest BCUT2D eigenvalue weighted by Crippen LogP contribution is -2.07. The van der Waals surface area contributed by atoms with Gasteiger partial charge in [0.15, 0.2) is 0 Å². The molecule has 0 saturated heterocycles. The Bertz CT molecular complexity index is 291. The zero-order chi connectivity index (χ0) is 10.4. The summed E-state index contributed by atoms with van der Waals surface area (Å²) in [7, 11) is 0. The lowest BCUT2D eigenvalue weighted by atomic mass is 10.2. The zero-order valence-corrected chi connectivity index (χ0v) is 10.2. The Hall–Kier alpha value is -0.410. The van der Waals surface area contributed by atoms with Gasteiger partial charge in [-0.05, 0) is 37.8 Å². The molecule has 0 amide bonds. The molecule has 0 spiro atoms. The van der Waals surface area contributed by atoms with Crippen LogP contribution < -0.4 is 5.73 Å². The maximum atomic E-state index is 5.44. The van der Waals surface area contributed by atoms with Gasteiger partial charge in [-0.2, -0.15) is 0 Å². The minimum absolute atomic E-state index is 0.635. The van der Waals surface area contributed by atoms with Gasteiger partial charge in [0.2, 0.25) is 0 Å². The first kappa shape index (κ1) is 11.7. The van der Waals surface area contributed by atoms with E-state index in [4.69, 9.17) is 18.0 Å². The van der Waals surface area contributed by atoms with E-state index in [1.807, 2.05) is 11.3 Å². The van der Waals surface area contributed by atoms with Crippen molar-refractivity contribution in [3.05, 3.63) is 21.9 Å². The molecule has 0 aromatic carbocycles. The smallest absolute Gasteiger partial charge is 0.0727 e. The van der Waals surface area contributed by atoms with Crippen LogP contribution in [0.15, 0.2) is 12.1 Å². The van der Waals surface area contributed by atoms with E-state index >= 15 is 0 Å². The molecule has 0 saturated carbocycles. The van der Waals surface area contributed by atoms with Gasteiger partial charge in [0.25, 0.3) is 0 Å². The lowest BCUT2D eigenvalue weighted by molar-refractivity contribution is 0.881. The first-order valence-electron chi connectivity index (χ1n) is 5.08. The number of nitrogens with two attached hydrogens (primary N) is 1. The summed E-state index contributed by atoms with van der Waals surface area (Å²) in [6, 6.07) is 4.47. The first-order chi connectivity index (χ1) is 6.72. The summed E-state index contributed by atoms with van der Waals surface area (Å²) in [4.78, 5) is 3.60. The summed E-state index contributed by atoms with van der Waals surface area (Å²) in [6.45, 7) is 2.21. The Labute approximate surface area is 95.3 Å². The second-order valence-electron chi connectivity index (χ2n) is 3.44. The van der Waals surface area contributed by atoms with Crippen molar-refractivity contribution in [2.45, 2.75) is 39.0 Å². The Morgan fingerprint density at radius 3 is 2.57 bits per heavy atom. The van der Waals surface area contributed by atoms with Crippen LogP contribution in [0.1, 0.15) is 35.9 Å². The van der Waals surface area contributed by atoms with Crippen molar-refractivity contribution < 1.29 is 0 Å². The highest BCUT2D eigenvalue weighted by Gasteiger charge is 1.99. The topological polar surface area (TPSA) is 26.0 Å². The molecule has 0 bridgehead atoms. The van der Waals surface area contributed by atoms with Crippen LogP contribution in [0.2, 0.25) is 0 Å². The summed E-state index contributed by atoms with van der Waals surface area (Å²) in [5, 5.41) is 0. The quantitative estimate of drug-likeness (QED) is 0.755. The van der Waals surface area contributed by atoms with Crippen LogP contribution in [0, 0.1) is 0 Å². The van der Waals surface area contributed by atoms with Crippen LogP contribution in [-0.2, 0) is 12.8 Å². The van der Waals surface area contributed by atoms with Gasteiger partial charge >= 0.3 is 0 Å². The van der Waals surface area contributed by atoms with Gasteiger partial charge < -0.3 is 5.73 Å². The molecule has 0 aliphatic rings. The summed E-state index contributed by atoms with van der Waals surface area (Å²) in [5.74, 6) is 0. The molecule has 0 unspecified atom stereocenters. The van der Waals surface area contributed by atoms with E-state index in [9.17, 15) is 0 Å². The minimum atomic E-state index is 0.635. The SMILES string of the molecule is CCCc1ccc(CCCC(N)=S)s1. The second-order valence-corrected chi connectivity index (χ2v) is 5.22. The molecule has 0 aliphatic carbocycles. The summed E-state index contributed by atoms with van der Waals surface area (Å²) in [5.41, 5.74) is 5.44. The second kappa shape index (κ2) is 6.14. The molecule has 0 aliphatic heterocycles.